The average Bonchev–Trinajstić information content (AvgIpc) is 3.24. The number of guanidine groups is 1. The molecule has 130 valence electrons. The Morgan fingerprint density at radius 1 is 1.33 bits per heavy atom. The summed E-state index contributed by atoms with van der Waals surface area (Å²) in [4.78, 5) is 4.29. The van der Waals surface area contributed by atoms with Crippen molar-refractivity contribution in [1.82, 2.24) is 10.6 Å². The highest BCUT2D eigenvalue weighted by Crippen LogP contribution is 2.27. The van der Waals surface area contributed by atoms with Gasteiger partial charge in [0.2, 0.25) is 0 Å². The summed E-state index contributed by atoms with van der Waals surface area (Å²) in [6.07, 6.45) is 1.12. The Morgan fingerprint density at radius 3 is 2.88 bits per heavy atom. The molecule has 2 atom stereocenters. The predicted molar refractivity (Wildman–Crippen MR) is 112 cm³/mol. The smallest absolute Gasteiger partial charge is 0.191 e. The highest BCUT2D eigenvalue weighted by Gasteiger charge is 2.22. The van der Waals surface area contributed by atoms with E-state index >= 15 is 0 Å². The van der Waals surface area contributed by atoms with E-state index in [9.17, 15) is 0 Å². The number of halogens is 1. The van der Waals surface area contributed by atoms with Gasteiger partial charge in [-0.3, -0.25) is 4.99 Å². The molecule has 0 saturated carbocycles. The fourth-order valence-electron chi connectivity index (χ4n) is 2.72. The molecule has 6 heteroatoms. The summed E-state index contributed by atoms with van der Waals surface area (Å²) in [5, 5.41) is 11.1. The van der Waals surface area contributed by atoms with Crippen molar-refractivity contribution >= 4 is 41.3 Å². The van der Waals surface area contributed by atoms with Crippen molar-refractivity contribution < 1.29 is 4.74 Å². The van der Waals surface area contributed by atoms with Crippen LogP contribution in [-0.4, -0.2) is 32.2 Å². The monoisotopic (exact) mass is 457 g/mol. The lowest BCUT2D eigenvalue weighted by Crippen LogP contribution is -2.43. The summed E-state index contributed by atoms with van der Waals surface area (Å²) in [6.45, 7) is 3.84. The van der Waals surface area contributed by atoms with E-state index in [0.717, 1.165) is 31.2 Å². The topological polar surface area (TPSA) is 45.7 Å². The first kappa shape index (κ1) is 19.1. The molecule has 0 aliphatic carbocycles. The lowest BCUT2D eigenvalue weighted by atomic mass is 10.1. The van der Waals surface area contributed by atoms with Crippen LogP contribution in [0.2, 0.25) is 0 Å². The van der Waals surface area contributed by atoms with Crippen LogP contribution in [0.15, 0.2) is 46.1 Å². The zero-order valence-corrected chi connectivity index (χ0v) is 17.1. The van der Waals surface area contributed by atoms with Gasteiger partial charge in [-0.05, 0) is 39.9 Å². The summed E-state index contributed by atoms with van der Waals surface area (Å²) in [7, 11) is 1.80. The van der Waals surface area contributed by atoms with E-state index in [4.69, 9.17) is 4.74 Å². The van der Waals surface area contributed by atoms with Gasteiger partial charge in [0.25, 0.3) is 0 Å². The molecular formula is C18H24IN3OS. The van der Waals surface area contributed by atoms with Gasteiger partial charge >= 0.3 is 0 Å². The van der Waals surface area contributed by atoms with Gasteiger partial charge in [-0.15, -0.1) is 24.0 Å². The van der Waals surface area contributed by atoms with E-state index in [2.05, 4.69) is 51.5 Å². The SMILES string of the molecule is CN=C(NCC1Cc2ccccc2O1)NCC(C)c1ccsc1.I. The number of fused-ring (bicyclic) bond motifs is 1. The normalized spacial score (nSPS) is 17.4. The zero-order valence-electron chi connectivity index (χ0n) is 14.0. The molecule has 1 aromatic carbocycles. The summed E-state index contributed by atoms with van der Waals surface area (Å²) < 4.78 is 5.94. The van der Waals surface area contributed by atoms with Crippen LogP contribution in [0.5, 0.6) is 5.75 Å². The number of nitrogens with zero attached hydrogens (tertiary/aromatic N) is 1. The van der Waals surface area contributed by atoms with Gasteiger partial charge in [-0.25, -0.2) is 0 Å². The van der Waals surface area contributed by atoms with Crippen LogP contribution >= 0.6 is 35.3 Å². The molecule has 2 aromatic rings. The van der Waals surface area contributed by atoms with Gasteiger partial charge in [0, 0.05) is 20.0 Å². The molecule has 1 aliphatic heterocycles. The fourth-order valence-corrected chi connectivity index (χ4v) is 3.50. The predicted octanol–water partition coefficient (Wildman–Crippen LogP) is 3.64. The Labute approximate surface area is 164 Å². The molecule has 0 saturated heterocycles. The number of aliphatic imine (C=N–C) groups is 1. The standard InChI is InChI=1S/C18H23N3OS.HI/c1-13(15-7-8-23-12-15)10-20-18(19-2)21-11-16-9-14-5-3-4-6-17(14)22-16;/h3-8,12-13,16H,9-11H2,1-2H3,(H2,19,20,21);1H. The quantitative estimate of drug-likeness (QED) is 0.410. The number of benzene rings is 1. The number of ether oxygens (including phenoxy) is 1. The molecule has 1 aliphatic rings. The second-order valence-electron chi connectivity index (χ2n) is 5.84. The summed E-state index contributed by atoms with van der Waals surface area (Å²) in [5.74, 6) is 2.30. The molecule has 2 heterocycles. The summed E-state index contributed by atoms with van der Waals surface area (Å²) in [6, 6.07) is 10.4. The molecule has 0 fully saturated rings. The molecule has 24 heavy (non-hydrogen) atoms. The highest BCUT2D eigenvalue weighted by molar-refractivity contribution is 14.0. The fraction of sp³-hybridized carbons (Fsp3) is 0.389. The van der Waals surface area contributed by atoms with Crippen molar-refractivity contribution in [3.63, 3.8) is 0 Å². The minimum Gasteiger partial charge on any atom is -0.488 e. The molecule has 2 N–H and O–H groups in total. The summed E-state index contributed by atoms with van der Waals surface area (Å²) >= 11 is 1.74. The van der Waals surface area contributed by atoms with E-state index in [-0.39, 0.29) is 30.1 Å². The second-order valence-corrected chi connectivity index (χ2v) is 6.62. The van der Waals surface area contributed by atoms with Gasteiger partial charge in [0.05, 0.1) is 6.54 Å². The molecule has 0 bridgehead atoms. The first-order valence-electron chi connectivity index (χ1n) is 7.97. The number of hydrogen-bond donors (Lipinski definition) is 2. The molecule has 1 aromatic heterocycles. The van der Waals surface area contributed by atoms with Crippen molar-refractivity contribution in [2.75, 3.05) is 20.1 Å². The van der Waals surface area contributed by atoms with E-state index in [1.54, 1.807) is 18.4 Å². The zero-order chi connectivity index (χ0) is 16.1. The Morgan fingerprint density at radius 2 is 2.17 bits per heavy atom. The van der Waals surface area contributed by atoms with Crippen molar-refractivity contribution in [3.05, 3.63) is 52.2 Å². The number of para-hydroxylation sites is 1. The van der Waals surface area contributed by atoms with Gasteiger partial charge in [-0.1, -0.05) is 25.1 Å². The largest absolute Gasteiger partial charge is 0.488 e. The van der Waals surface area contributed by atoms with E-state index < -0.39 is 0 Å². The average molecular weight is 457 g/mol. The van der Waals surface area contributed by atoms with Crippen LogP contribution < -0.4 is 15.4 Å². The Bertz CT molecular complexity index is 635. The second kappa shape index (κ2) is 9.27. The molecule has 2 unspecified atom stereocenters. The maximum atomic E-state index is 5.94. The third-order valence-corrected chi connectivity index (χ3v) is 4.82. The first-order valence-corrected chi connectivity index (χ1v) is 8.91. The Hall–Kier alpha value is -1.28. The van der Waals surface area contributed by atoms with E-state index in [1.165, 1.54) is 11.1 Å². The van der Waals surface area contributed by atoms with Crippen molar-refractivity contribution in [3.8, 4) is 5.75 Å². The Balaban J connectivity index is 0.00000208. The van der Waals surface area contributed by atoms with Crippen LogP contribution in [0.25, 0.3) is 0 Å². The van der Waals surface area contributed by atoms with Crippen LogP contribution in [0.4, 0.5) is 0 Å². The number of hydrogen-bond acceptors (Lipinski definition) is 3. The van der Waals surface area contributed by atoms with Crippen molar-refractivity contribution in [2.45, 2.75) is 25.4 Å². The minimum atomic E-state index is 0. The van der Waals surface area contributed by atoms with Gasteiger partial charge in [-0.2, -0.15) is 11.3 Å². The van der Waals surface area contributed by atoms with Crippen LogP contribution in [-0.2, 0) is 6.42 Å². The molecule has 0 spiro atoms. The van der Waals surface area contributed by atoms with Crippen LogP contribution in [0, 0.1) is 0 Å². The summed E-state index contributed by atoms with van der Waals surface area (Å²) in [5.41, 5.74) is 2.65. The van der Waals surface area contributed by atoms with Gasteiger partial charge in [0.15, 0.2) is 5.96 Å². The van der Waals surface area contributed by atoms with E-state index in [0.29, 0.717) is 5.92 Å². The Kier molecular flexibility index (Phi) is 7.36. The molecule has 4 nitrogen and oxygen atoms in total. The minimum absolute atomic E-state index is 0. The first-order chi connectivity index (χ1) is 11.3. The van der Waals surface area contributed by atoms with Gasteiger partial charge in [0.1, 0.15) is 11.9 Å². The third kappa shape index (κ3) is 4.86. The number of nitrogens with one attached hydrogen (secondary N) is 2. The lowest BCUT2D eigenvalue weighted by molar-refractivity contribution is 0.235. The van der Waals surface area contributed by atoms with Gasteiger partial charge < -0.3 is 15.4 Å². The molecular weight excluding hydrogens is 433 g/mol. The molecule has 0 radical (unpaired) electrons. The lowest BCUT2D eigenvalue weighted by Gasteiger charge is -2.17. The van der Waals surface area contributed by atoms with Crippen molar-refractivity contribution in [2.24, 2.45) is 4.99 Å². The maximum absolute atomic E-state index is 5.94. The van der Waals surface area contributed by atoms with E-state index in [1.807, 2.05) is 12.1 Å². The number of thiophene rings is 1. The molecule has 3 rings (SSSR count). The van der Waals surface area contributed by atoms with Crippen LogP contribution in [0.1, 0.15) is 24.0 Å². The molecule has 0 amide bonds. The van der Waals surface area contributed by atoms with Crippen LogP contribution in [0.3, 0.4) is 0 Å². The van der Waals surface area contributed by atoms with Crippen molar-refractivity contribution in [1.29, 1.82) is 0 Å². The maximum Gasteiger partial charge on any atom is 0.191 e. The third-order valence-electron chi connectivity index (χ3n) is 4.12. The highest BCUT2D eigenvalue weighted by atomic mass is 127. The number of rotatable bonds is 5.